The summed E-state index contributed by atoms with van der Waals surface area (Å²) in [5.74, 6) is 0.342. The van der Waals surface area contributed by atoms with Crippen molar-refractivity contribution in [2.75, 3.05) is 5.32 Å². The Hall–Kier alpha value is -3.39. The van der Waals surface area contributed by atoms with Crippen LogP contribution in [0.2, 0.25) is 5.02 Å². The van der Waals surface area contributed by atoms with Crippen LogP contribution in [0.1, 0.15) is 34.2 Å². The van der Waals surface area contributed by atoms with Gasteiger partial charge in [0.15, 0.2) is 0 Å². The van der Waals surface area contributed by atoms with Gasteiger partial charge in [0.05, 0.1) is 27.9 Å². The molecule has 1 heterocycles. The second-order valence-electron chi connectivity index (χ2n) is 6.80. The number of anilines is 1. The monoisotopic (exact) mass is 428 g/mol. The van der Waals surface area contributed by atoms with Crippen LogP contribution in [0.5, 0.6) is 11.5 Å². The number of carbonyl (C=O) groups is 1. The minimum absolute atomic E-state index is 0.202. The van der Waals surface area contributed by atoms with Crippen LogP contribution in [0.15, 0.2) is 36.4 Å². The van der Waals surface area contributed by atoms with Crippen molar-refractivity contribution in [1.82, 2.24) is 9.78 Å². The molecule has 30 heavy (non-hydrogen) atoms. The van der Waals surface area contributed by atoms with Crippen LogP contribution >= 0.6 is 11.6 Å². The molecular weight excluding hydrogens is 408 g/mol. The predicted molar refractivity (Wildman–Crippen MR) is 115 cm³/mol. The second-order valence-corrected chi connectivity index (χ2v) is 7.24. The van der Waals surface area contributed by atoms with Crippen molar-refractivity contribution in [3.63, 3.8) is 0 Å². The van der Waals surface area contributed by atoms with E-state index < -0.39 is 4.92 Å². The van der Waals surface area contributed by atoms with Crippen LogP contribution in [0, 0.1) is 30.9 Å². The fourth-order valence-electron chi connectivity index (χ4n) is 3.20. The summed E-state index contributed by atoms with van der Waals surface area (Å²) in [6.45, 7) is 7.94. The Bertz CT molecular complexity index is 1140. The Morgan fingerprint density at radius 2 is 1.97 bits per heavy atom. The Morgan fingerprint density at radius 1 is 1.23 bits per heavy atom. The van der Waals surface area contributed by atoms with E-state index >= 15 is 0 Å². The number of carbonyl (C=O) groups excluding carboxylic acids is 1. The molecule has 1 N–H and O–H groups in total. The lowest BCUT2D eigenvalue weighted by atomic mass is 10.1. The van der Waals surface area contributed by atoms with Crippen LogP contribution in [0.4, 0.5) is 11.4 Å². The molecule has 3 aromatic rings. The van der Waals surface area contributed by atoms with E-state index in [0.717, 1.165) is 11.3 Å². The number of halogens is 1. The molecule has 0 saturated carbocycles. The van der Waals surface area contributed by atoms with E-state index in [1.807, 2.05) is 20.8 Å². The maximum atomic E-state index is 12.8. The molecule has 0 aliphatic heterocycles. The van der Waals surface area contributed by atoms with E-state index in [2.05, 4.69) is 10.4 Å². The SMILES string of the molecule is CCn1nc(C)c(C(=O)Nc2cc(Oc3ccc(Cl)cc3C)cc([N+](=O)[O-])c2)c1C. The standard InChI is InChI=1S/C21H21ClN4O4/c1-5-25-14(4)20(13(3)24-25)21(27)23-16-9-17(26(28)29)11-18(10-16)30-19-7-6-15(22)8-12(19)2/h6-11H,5H2,1-4H3,(H,23,27). The molecule has 0 unspecified atom stereocenters. The highest BCUT2D eigenvalue weighted by atomic mass is 35.5. The number of nitrogens with one attached hydrogen (secondary N) is 1. The summed E-state index contributed by atoms with van der Waals surface area (Å²) in [7, 11) is 0. The number of nitro benzene ring substituents is 1. The molecule has 0 bridgehead atoms. The van der Waals surface area contributed by atoms with Gasteiger partial charge in [-0.25, -0.2) is 0 Å². The Balaban J connectivity index is 1.94. The Morgan fingerprint density at radius 3 is 2.57 bits per heavy atom. The highest BCUT2D eigenvalue weighted by Gasteiger charge is 2.20. The number of nitrogens with zero attached hydrogens (tertiary/aromatic N) is 3. The normalized spacial score (nSPS) is 10.7. The molecular formula is C21H21ClN4O4. The van der Waals surface area contributed by atoms with E-state index in [-0.39, 0.29) is 23.0 Å². The molecule has 0 spiro atoms. The molecule has 2 aromatic carbocycles. The van der Waals surface area contributed by atoms with Crippen molar-refractivity contribution >= 4 is 28.9 Å². The number of hydrogen-bond donors (Lipinski definition) is 1. The minimum Gasteiger partial charge on any atom is -0.457 e. The summed E-state index contributed by atoms with van der Waals surface area (Å²) in [4.78, 5) is 23.7. The predicted octanol–water partition coefficient (Wildman–Crippen LogP) is 5.43. The zero-order chi connectivity index (χ0) is 22.0. The lowest BCUT2D eigenvalue weighted by Crippen LogP contribution is -2.14. The number of ether oxygens (including phenoxy) is 1. The average Bonchev–Trinajstić information content (AvgIpc) is 2.97. The zero-order valence-corrected chi connectivity index (χ0v) is 17.8. The van der Waals surface area contributed by atoms with Gasteiger partial charge in [0.25, 0.3) is 11.6 Å². The van der Waals surface area contributed by atoms with Gasteiger partial charge < -0.3 is 10.1 Å². The molecule has 8 nitrogen and oxygen atoms in total. The first-order valence-electron chi connectivity index (χ1n) is 9.28. The van der Waals surface area contributed by atoms with Crippen LogP contribution in [-0.2, 0) is 6.54 Å². The molecule has 0 aliphatic carbocycles. The third kappa shape index (κ3) is 4.44. The summed E-state index contributed by atoms with van der Waals surface area (Å²) < 4.78 is 7.55. The first-order valence-corrected chi connectivity index (χ1v) is 9.66. The van der Waals surface area contributed by atoms with Gasteiger partial charge in [-0.15, -0.1) is 0 Å². The van der Waals surface area contributed by atoms with Crippen molar-refractivity contribution in [2.24, 2.45) is 0 Å². The van der Waals surface area contributed by atoms with Gasteiger partial charge in [-0.05, 0) is 51.5 Å². The molecule has 3 rings (SSSR count). The van der Waals surface area contributed by atoms with Crippen molar-refractivity contribution in [3.05, 3.63) is 74.0 Å². The fraction of sp³-hybridized carbons (Fsp3) is 0.238. The number of non-ortho nitro benzene ring substituents is 1. The zero-order valence-electron chi connectivity index (χ0n) is 17.0. The largest absolute Gasteiger partial charge is 0.457 e. The highest BCUT2D eigenvalue weighted by Crippen LogP contribution is 2.32. The van der Waals surface area contributed by atoms with Crippen molar-refractivity contribution in [3.8, 4) is 11.5 Å². The van der Waals surface area contributed by atoms with Crippen molar-refractivity contribution in [1.29, 1.82) is 0 Å². The molecule has 1 amide bonds. The first-order chi connectivity index (χ1) is 14.2. The number of rotatable bonds is 6. The molecule has 0 aliphatic rings. The van der Waals surface area contributed by atoms with Gasteiger partial charge in [-0.3, -0.25) is 19.6 Å². The summed E-state index contributed by atoms with van der Waals surface area (Å²) in [5, 5.41) is 19.0. The molecule has 0 saturated heterocycles. The fourth-order valence-corrected chi connectivity index (χ4v) is 3.43. The lowest BCUT2D eigenvalue weighted by Gasteiger charge is -2.11. The Labute approximate surface area is 178 Å². The molecule has 156 valence electrons. The number of aromatic nitrogens is 2. The maximum absolute atomic E-state index is 12.8. The summed E-state index contributed by atoms with van der Waals surface area (Å²) in [6, 6.07) is 9.20. The van der Waals surface area contributed by atoms with E-state index in [1.54, 1.807) is 29.8 Å². The van der Waals surface area contributed by atoms with E-state index in [1.165, 1.54) is 18.2 Å². The van der Waals surface area contributed by atoms with Gasteiger partial charge in [0.1, 0.15) is 11.5 Å². The van der Waals surface area contributed by atoms with Crippen LogP contribution < -0.4 is 10.1 Å². The molecule has 0 fully saturated rings. The van der Waals surface area contributed by atoms with Gasteiger partial charge in [-0.1, -0.05) is 11.6 Å². The topological polar surface area (TPSA) is 99.3 Å². The quantitative estimate of drug-likeness (QED) is 0.416. The van der Waals surface area contributed by atoms with Crippen LogP contribution in [0.25, 0.3) is 0 Å². The summed E-state index contributed by atoms with van der Waals surface area (Å²) in [5.41, 5.74) is 2.58. The number of aryl methyl sites for hydroxylation is 3. The van der Waals surface area contributed by atoms with Crippen molar-refractivity contribution in [2.45, 2.75) is 34.2 Å². The van der Waals surface area contributed by atoms with Gasteiger partial charge >= 0.3 is 0 Å². The lowest BCUT2D eigenvalue weighted by molar-refractivity contribution is -0.384. The average molecular weight is 429 g/mol. The number of benzene rings is 2. The molecule has 9 heteroatoms. The number of hydrogen-bond acceptors (Lipinski definition) is 5. The van der Waals surface area contributed by atoms with E-state index in [4.69, 9.17) is 16.3 Å². The second kappa shape index (κ2) is 8.54. The summed E-state index contributed by atoms with van der Waals surface area (Å²) in [6.07, 6.45) is 0. The smallest absolute Gasteiger partial charge is 0.275 e. The van der Waals surface area contributed by atoms with E-state index in [0.29, 0.717) is 28.6 Å². The number of nitro groups is 1. The third-order valence-corrected chi connectivity index (χ3v) is 4.87. The summed E-state index contributed by atoms with van der Waals surface area (Å²) >= 11 is 5.97. The molecule has 0 radical (unpaired) electrons. The van der Waals surface area contributed by atoms with Crippen LogP contribution in [-0.4, -0.2) is 20.6 Å². The minimum atomic E-state index is -0.539. The van der Waals surface area contributed by atoms with E-state index in [9.17, 15) is 14.9 Å². The first kappa shape index (κ1) is 21.3. The number of amides is 1. The van der Waals surface area contributed by atoms with Gasteiger partial charge in [0, 0.05) is 29.4 Å². The van der Waals surface area contributed by atoms with Gasteiger partial charge in [-0.2, -0.15) is 5.10 Å². The van der Waals surface area contributed by atoms with Gasteiger partial charge in [0.2, 0.25) is 0 Å². The molecule has 0 atom stereocenters. The highest BCUT2D eigenvalue weighted by molar-refractivity contribution is 6.30. The third-order valence-electron chi connectivity index (χ3n) is 4.63. The maximum Gasteiger partial charge on any atom is 0.275 e. The molecule has 1 aromatic heterocycles. The van der Waals surface area contributed by atoms with Crippen LogP contribution in [0.3, 0.4) is 0 Å². The Kier molecular flexibility index (Phi) is 6.07. The van der Waals surface area contributed by atoms with Crippen molar-refractivity contribution < 1.29 is 14.5 Å².